The predicted molar refractivity (Wildman–Crippen MR) is 79.6 cm³/mol. The van der Waals surface area contributed by atoms with E-state index < -0.39 is 6.43 Å². The summed E-state index contributed by atoms with van der Waals surface area (Å²) in [4.78, 5) is 4.59. The molecule has 1 aromatic heterocycles. The Morgan fingerprint density at radius 2 is 2.00 bits per heavy atom. The molecule has 0 aliphatic heterocycles. The Balaban J connectivity index is 2.22. The second-order valence-electron chi connectivity index (χ2n) is 4.80. The van der Waals surface area contributed by atoms with Crippen molar-refractivity contribution in [2.45, 2.75) is 45.5 Å². The van der Waals surface area contributed by atoms with Crippen LogP contribution in [0, 0.1) is 0 Å². The number of hydrogen-bond acceptors (Lipinski definition) is 3. The van der Waals surface area contributed by atoms with E-state index in [1.54, 1.807) is 0 Å². The highest BCUT2D eigenvalue weighted by molar-refractivity contribution is 5.44. The van der Waals surface area contributed by atoms with Crippen molar-refractivity contribution in [3.63, 3.8) is 0 Å². The fourth-order valence-electron chi connectivity index (χ4n) is 2.06. The van der Waals surface area contributed by atoms with Crippen molar-refractivity contribution in [2.75, 3.05) is 25.5 Å². The van der Waals surface area contributed by atoms with Gasteiger partial charge in [0.1, 0.15) is 5.82 Å². The van der Waals surface area contributed by atoms with Crippen LogP contribution in [0.5, 0.6) is 0 Å². The SMILES string of the molecule is CCc1ccc(CCCCNCCC(F)F)nc1NC. The average Bonchev–Trinajstić information content (AvgIpc) is 2.45. The van der Waals surface area contributed by atoms with Crippen LogP contribution in [-0.4, -0.2) is 31.5 Å². The lowest BCUT2D eigenvalue weighted by Crippen LogP contribution is -2.18. The highest BCUT2D eigenvalue weighted by atomic mass is 19.3. The minimum absolute atomic E-state index is 0.0639. The fraction of sp³-hybridized carbons (Fsp3) is 0.667. The third kappa shape index (κ3) is 6.28. The van der Waals surface area contributed by atoms with Gasteiger partial charge in [-0.05, 0) is 43.9 Å². The molecule has 0 unspecified atom stereocenters. The van der Waals surface area contributed by atoms with Gasteiger partial charge in [0, 0.05) is 25.7 Å². The Bertz CT molecular complexity index is 383. The van der Waals surface area contributed by atoms with E-state index in [-0.39, 0.29) is 6.42 Å². The zero-order valence-electron chi connectivity index (χ0n) is 12.4. The van der Waals surface area contributed by atoms with Gasteiger partial charge >= 0.3 is 0 Å². The van der Waals surface area contributed by atoms with Crippen LogP contribution < -0.4 is 10.6 Å². The predicted octanol–water partition coefficient (Wildman–Crippen LogP) is 3.25. The highest BCUT2D eigenvalue weighted by Gasteiger charge is 2.03. The topological polar surface area (TPSA) is 37.0 Å². The summed E-state index contributed by atoms with van der Waals surface area (Å²) in [6.45, 7) is 3.30. The van der Waals surface area contributed by atoms with Crippen LogP contribution in [-0.2, 0) is 12.8 Å². The van der Waals surface area contributed by atoms with Gasteiger partial charge in [0.2, 0.25) is 6.43 Å². The number of pyridine rings is 1. The van der Waals surface area contributed by atoms with Gasteiger partial charge in [0.15, 0.2) is 0 Å². The molecule has 0 amide bonds. The van der Waals surface area contributed by atoms with E-state index in [0.29, 0.717) is 6.54 Å². The van der Waals surface area contributed by atoms with Gasteiger partial charge in [-0.25, -0.2) is 13.8 Å². The number of alkyl halides is 2. The molecule has 0 aliphatic carbocycles. The van der Waals surface area contributed by atoms with Gasteiger partial charge < -0.3 is 10.6 Å². The molecule has 2 N–H and O–H groups in total. The Hall–Kier alpha value is -1.23. The largest absolute Gasteiger partial charge is 0.373 e. The minimum Gasteiger partial charge on any atom is -0.373 e. The summed E-state index contributed by atoms with van der Waals surface area (Å²) in [6.07, 6.45) is 1.63. The van der Waals surface area contributed by atoms with E-state index in [9.17, 15) is 8.78 Å². The Morgan fingerprint density at radius 3 is 2.65 bits per heavy atom. The number of nitrogens with zero attached hydrogens (tertiary/aromatic N) is 1. The quantitative estimate of drug-likeness (QED) is 0.648. The molecule has 3 nitrogen and oxygen atoms in total. The lowest BCUT2D eigenvalue weighted by Gasteiger charge is -2.09. The first-order valence-corrected chi connectivity index (χ1v) is 7.32. The van der Waals surface area contributed by atoms with Gasteiger partial charge in [-0.15, -0.1) is 0 Å². The Morgan fingerprint density at radius 1 is 1.20 bits per heavy atom. The van der Waals surface area contributed by atoms with E-state index in [4.69, 9.17) is 0 Å². The van der Waals surface area contributed by atoms with Crippen LogP contribution in [0.25, 0.3) is 0 Å². The molecule has 0 bridgehead atoms. The van der Waals surface area contributed by atoms with Gasteiger partial charge in [-0.2, -0.15) is 0 Å². The zero-order valence-corrected chi connectivity index (χ0v) is 12.4. The van der Waals surface area contributed by atoms with E-state index >= 15 is 0 Å². The van der Waals surface area contributed by atoms with Gasteiger partial charge in [0.25, 0.3) is 0 Å². The number of anilines is 1. The number of rotatable bonds is 10. The molecule has 1 aromatic rings. The maximum absolute atomic E-state index is 11.9. The minimum atomic E-state index is -2.20. The monoisotopic (exact) mass is 285 g/mol. The van der Waals surface area contributed by atoms with Crippen LogP contribution in [0.15, 0.2) is 12.1 Å². The lowest BCUT2D eigenvalue weighted by atomic mass is 10.1. The summed E-state index contributed by atoms with van der Waals surface area (Å²) >= 11 is 0. The number of halogens is 2. The van der Waals surface area contributed by atoms with Crippen LogP contribution in [0.1, 0.15) is 37.4 Å². The summed E-state index contributed by atoms with van der Waals surface area (Å²) in [5.74, 6) is 0.958. The highest BCUT2D eigenvalue weighted by Crippen LogP contribution is 2.14. The fourth-order valence-corrected chi connectivity index (χ4v) is 2.06. The summed E-state index contributed by atoms with van der Waals surface area (Å²) in [6, 6.07) is 4.19. The van der Waals surface area contributed by atoms with E-state index in [0.717, 1.165) is 43.7 Å². The summed E-state index contributed by atoms with van der Waals surface area (Å²) in [7, 11) is 1.89. The molecule has 5 heteroatoms. The van der Waals surface area contributed by atoms with Crippen molar-refractivity contribution < 1.29 is 8.78 Å². The zero-order chi connectivity index (χ0) is 14.8. The summed E-state index contributed by atoms with van der Waals surface area (Å²) < 4.78 is 23.8. The molecule has 1 rings (SSSR count). The summed E-state index contributed by atoms with van der Waals surface area (Å²) in [5.41, 5.74) is 2.31. The first kappa shape index (κ1) is 16.8. The van der Waals surface area contributed by atoms with Gasteiger partial charge in [0.05, 0.1) is 0 Å². The first-order chi connectivity index (χ1) is 9.67. The molecular formula is C15H25F2N3. The van der Waals surface area contributed by atoms with Crippen molar-refractivity contribution in [1.29, 1.82) is 0 Å². The molecular weight excluding hydrogens is 260 g/mol. The molecule has 0 saturated carbocycles. The molecule has 114 valence electrons. The molecule has 0 aliphatic rings. The molecule has 0 aromatic carbocycles. The first-order valence-electron chi connectivity index (χ1n) is 7.32. The number of unbranched alkanes of at least 4 members (excludes halogenated alkanes) is 1. The van der Waals surface area contributed by atoms with Crippen molar-refractivity contribution in [3.8, 4) is 0 Å². The third-order valence-electron chi connectivity index (χ3n) is 3.23. The van der Waals surface area contributed by atoms with Crippen molar-refractivity contribution in [2.24, 2.45) is 0 Å². The molecule has 20 heavy (non-hydrogen) atoms. The molecule has 0 atom stereocenters. The number of aromatic nitrogens is 1. The van der Waals surface area contributed by atoms with Crippen LogP contribution in [0.2, 0.25) is 0 Å². The maximum atomic E-state index is 11.9. The van der Waals surface area contributed by atoms with Crippen LogP contribution in [0.4, 0.5) is 14.6 Å². The number of aryl methyl sites for hydroxylation is 2. The molecule has 0 saturated heterocycles. The third-order valence-corrected chi connectivity index (χ3v) is 3.23. The molecule has 0 fully saturated rings. The Labute approximate surface area is 120 Å². The van der Waals surface area contributed by atoms with Crippen molar-refractivity contribution in [3.05, 3.63) is 23.4 Å². The smallest absolute Gasteiger partial charge is 0.239 e. The second kappa shape index (κ2) is 9.64. The second-order valence-corrected chi connectivity index (χ2v) is 4.80. The standard InChI is InChI=1S/C15H25F2N3/c1-3-12-7-8-13(20-15(12)18-2)6-4-5-10-19-11-9-14(16)17/h7-8,14,19H,3-6,9-11H2,1-2H3,(H,18,20). The lowest BCUT2D eigenvalue weighted by molar-refractivity contribution is 0.137. The van der Waals surface area contributed by atoms with Gasteiger partial charge in [-0.1, -0.05) is 13.0 Å². The van der Waals surface area contributed by atoms with Crippen molar-refractivity contribution in [1.82, 2.24) is 10.3 Å². The van der Waals surface area contributed by atoms with E-state index in [2.05, 4.69) is 34.7 Å². The molecule has 0 radical (unpaired) electrons. The molecule has 0 spiro atoms. The summed E-state index contributed by atoms with van der Waals surface area (Å²) in [5, 5.41) is 6.15. The Kier molecular flexibility index (Phi) is 8.11. The van der Waals surface area contributed by atoms with Crippen LogP contribution in [0.3, 0.4) is 0 Å². The van der Waals surface area contributed by atoms with E-state index in [1.165, 1.54) is 5.56 Å². The van der Waals surface area contributed by atoms with Crippen molar-refractivity contribution >= 4 is 5.82 Å². The maximum Gasteiger partial charge on any atom is 0.239 e. The normalized spacial score (nSPS) is 11.1. The van der Waals surface area contributed by atoms with Gasteiger partial charge in [-0.3, -0.25) is 0 Å². The number of nitrogens with one attached hydrogen (secondary N) is 2. The van der Waals surface area contributed by atoms with E-state index in [1.807, 2.05) is 7.05 Å². The average molecular weight is 285 g/mol. The van der Waals surface area contributed by atoms with Crippen LogP contribution >= 0.6 is 0 Å². The number of hydrogen-bond donors (Lipinski definition) is 2. The molecule has 1 heterocycles.